The molecule has 0 aliphatic heterocycles. The molecule has 0 fully saturated rings. The fraction of sp³-hybridized carbons (Fsp3) is 0.308. The van der Waals surface area contributed by atoms with E-state index in [1.54, 1.807) is 17.5 Å². The zero-order valence-electron chi connectivity index (χ0n) is 11.4. The van der Waals surface area contributed by atoms with Crippen LogP contribution in [0.3, 0.4) is 0 Å². The summed E-state index contributed by atoms with van der Waals surface area (Å²) >= 11 is 6.21. The summed E-state index contributed by atoms with van der Waals surface area (Å²) in [6.45, 7) is 1.01. The number of benzene rings is 1. The van der Waals surface area contributed by atoms with Crippen molar-refractivity contribution in [3.63, 3.8) is 0 Å². The molecule has 1 aromatic carbocycles. The van der Waals surface area contributed by atoms with Gasteiger partial charge in [0.2, 0.25) is 5.91 Å². The maximum Gasteiger partial charge on any atom is 0.232 e. The molecular weight excluding hydrogens is 374 g/mol. The zero-order chi connectivity index (χ0) is 15.1. The summed E-state index contributed by atoms with van der Waals surface area (Å²) in [5, 5.41) is 7.62. The van der Waals surface area contributed by atoms with E-state index in [1.165, 1.54) is 23.1 Å². The Bertz CT molecular complexity index is 563. The van der Waals surface area contributed by atoms with Crippen LogP contribution in [0.4, 0.5) is 0 Å². The van der Waals surface area contributed by atoms with Gasteiger partial charge in [-0.25, -0.2) is 0 Å². The minimum atomic E-state index is 0.0506. The smallest absolute Gasteiger partial charge is 0.232 e. The maximum atomic E-state index is 11.9. The van der Waals surface area contributed by atoms with Crippen molar-refractivity contribution in [1.82, 2.24) is 15.1 Å². The molecule has 2 rings (SSSR count). The lowest BCUT2D eigenvalue weighted by Crippen LogP contribution is -2.32. The first-order valence-corrected chi connectivity index (χ1v) is 8.82. The molecule has 0 radical (unpaired) electrons. The van der Waals surface area contributed by atoms with E-state index < -0.39 is 0 Å². The topological polar surface area (TPSA) is 55.3 Å². The molecule has 1 heterocycles. The lowest BCUT2D eigenvalue weighted by molar-refractivity contribution is -0.127. The normalized spacial score (nSPS) is 10.4. The van der Waals surface area contributed by atoms with Gasteiger partial charge in [0.15, 0.2) is 4.34 Å². The van der Waals surface area contributed by atoms with E-state index in [1.807, 2.05) is 24.3 Å². The molecule has 112 valence electrons. The number of hydrogen-bond acceptors (Lipinski definition) is 6. The number of aromatic nitrogens is 2. The van der Waals surface area contributed by atoms with Gasteiger partial charge in [0, 0.05) is 11.5 Å². The van der Waals surface area contributed by atoms with Crippen LogP contribution in [-0.4, -0.2) is 47.0 Å². The first-order chi connectivity index (χ1) is 10.1. The largest absolute Gasteiger partial charge is 0.492 e. The second-order valence-electron chi connectivity index (χ2n) is 4.11. The van der Waals surface area contributed by atoms with Gasteiger partial charge in [0.1, 0.15) is 17.9 Å². The molecule has 1 aromatic heterocycles. The highest BCUT2D eigenvalue weighted by molar-refractivity contribution is 9.10. The predicted octanol–water partition coefficient (Wildman–Crippen LogP) is 2.93. The Morgan fingerprint density at radius 1 is 1.43 bits per heavy atom. The van der Waals surface area contributed by atoms with E-state index in [9.17, 15) is 4.79 Å². The van der Waals surface area contributed by atoms with Gasteiger partial charge in [-0.1, -0.05) is 39.0 Å². The fourth-order valence-corrected chi connectivity index (χ4v) is 3.11. The van der Waals surface area contributed by atoms with Crippen LogP contribution < -0.4 is 4.74 Å². The minimum absolute atomic E-state index is 0.0506. The summed E-state index contributed by atoms with van der Waals surface area (Å²) in [4.78, 5) is 13.6. The fourth-order valence-electron chi connectivity index (χ4n) is 1.42. The molecule has 0 saturated heterocycles. The van der Waals surface area contributed by atoms with Crippen molar-refractivity contribution in [3.05, 3.63) is 34.2 Å². The molecule has 0 N–H and O–H groups in total. The minimum Gasteiger partial charge on any atom is -0.492 e. The second kappa shape index (κ2) is 8.35. The van der Waals surface area contributed by atoms with Crippen LogP contribution in [0.15, 0.2) is 38.6 Å². The van der Waals surface area contributed by atoms with Crippen LogP contribution in [0.1, 0.15) is 0 Å². The molecule has 0 spiro atoms. The predicted molar refractivity (Wildman–Crippen MR) is 87.9 cm³/mol. The molecule has 0 atom stereocenters. The van der Waals surface area contributed by atoms with Crippen molar-refractivity contribution in [3.8, 4) is 5.75 Å². The standard InChI is InChI=1S/C13H14BrN3O2S2/c1-17(12(18)8-20-13-16-15-9-21-13)6-7-19-11-4-2-10(14)3-5-11/h2-5,9H,6-8H2,1H3. The van der Waals surface area contributed by atoms with Crippen molar-refractivity contribution in [2.45, 2.75) is 4.34 Å². The molecule has 2 aromatic rings. The summed E-state index contributed by atoms with van der Waals surface area (Å²) in [5.41, 5.74) is 1.66. The van der Waals surface area contributed by atoms with Crippen molar-refractivity contribution in [1.29, 1.82) is 0 Å². The number of hydrogen-bond donors (Lipinski definition) is 0. The molecule has 5 nitrogen and oxygen atoms in total. The summed E-state index contributed by atoms with van der Waals surface area (Å²) in [6.07, 6.45) is 0. The number of ether oxygens (including phenoxy) is 1. The van der Waals surface area contributed by atoms with Gasteiger partial charge >= 0.3 is 0 Å². The van der Waals surface area contributed by atoms with E-state index in [0.29, 0.717) is 18.9 Å². The average molecular weight is 388 g/mol. The first-order valence-electron chi connectivity index (χ1n) is 6.16. The van der Waals surface area contributed by atoms with E-state index >= 15 is 0 Å². The first kappa shape index (κ1) is 16.3. The lowest BCUT2D eigenvalue weighted by Gasteiger charge is -2.17. The summed E-state index contributed by atoms with van der Waals surface area (Å²) < 4.78 is 7.41. The van der Waals surface area contributed by atoms with Crippen LogP contribution in [0.25, 0.3) is 0 Å². The van der Waals surface area contributed by atoms with Gasteiger partial charge in [-0.3, -0.25) is 4.79 Å². The van der Waals surface area contributed by atoms with Crippen molar-refractivity contribution >= 4 is 44.9 Å². The number of amides is 1. The quantitative estimate of drug-likeness (QED) is 0.683. The average Bonchev–Trinajstić information content (AvgIpc) is 3.00. The second-order valence-corrected chi connectivity index (χ2v) is 7.08. The van der Waals surface area contributed by atoms with Gasteiger partial charge in [-0.2, -0.15) is 0 Å². The summed E-state index contributed by atoms with van der Waals surface area (Å²) in [6, 6.07) is 7.61. The van der Waals surface area contributed by atoms with Gasteiger partial charge in [-0.05, 0) is 24.3 Å². The van der Waals surface area contributed by atoms with Crippen LogP contribution in [0.2, 0.25) is 0 Å². The highest BCUT2D eigenvalue weighted by Gasteiger charge is 2.10. The number of likely N-dealkylation sites (N-methyl/N-ethyl adjacent to an activating group) is 1. The third-order valence-electron chi connectivity index (χ3n) is 2.59. The van der Waals surface area contributed by atoms with Crippen LogP contribution in [0.5, 0.6) is 5.75 Å². The SMILES string of the molecule is CN(CCOc1ccc(Br)cc1)C(=O)CSc1nncs1. The molecular formula is C13H14BrN3O2S2. The Kier molecular flexibility index (Phi) is 6.47. The van der Waals surface area contributed by atoms with E-state index in [0.717, 1.165) is 14.6 Å². The number of nitrogens with zero attached hydrogens (tertiary/aromatic N) is 3. The number of rotatable bonds is 7. The maximum absolute atomic E-state index is 11.9. The van der Waals surface area contributed by atoms with E-state index in [-0.39, 0.29) is 5.91 Å². The van der Waals surface area contributed by atoms with Crippen molar-refractivity contribution in [2.24, 2.45) is 0 Å². The van der Waals surface area contributed by atoms with Gasteiger partial charge in [0.05, 0.1) is 12.3 Å². The Balaban J connectivity index is 1.67. The number of carbonyl (C=O) groups excluding carboxylic acids is 1. The Hall–Kier alpha value is -1.12. The number of thioether (sulfide) groups is 1. The molecule has 0 bridgehead atoms. The Morgan fingerprint density at radius 2 is 2.19 bits per heavy atom. The lowest BCUT2D eigenvalue weighted by atomic mass is 10.3. The third kappa shape index (κ3) is 5.64. The highest BCUT2D eigenvalue weighted by atomic mass is 79.9. The third-order valence-corrected chi connectivity index (χ3v) is 4.97. The van der Waals surface area contributed by atoms with Crippen molar-refractivity contribution in [2.75, 3.05) is 26.0 Å². The molecule has 0 saturated carbocycles. The summed E-state index contributed by atoms with van der Waals surface area (Å²) in [5.74, 6) is 1.21. The molecule has 21 heavy (non-hydrogen) atoms. The van der Waals surface area contributed by atoms with Crippen LogP contribution in [-0.2, 0) is 4.79 Å². The van der Waals surface area contributed by atoms with Gasteiger partial charge in [-0.15, -0.1) is 10.2 Å². The highest BCUT2D eigenvalue weighted by Crippen LogP contribution is 2.19. The summed E-state index contributed by atoms with van der Waals surface area (Å²) in [7, 11) is 1.77. The monoisotopic (exact) mass is 387 g/mol. The number of halogens is 1. The van der Waals surface area contributed by atoms with Gasteiger partial charge < -0.3 is 9.64 Å². The molecule has 1 amide bonds. The number of carbonyl (C=O) groups is 1. The molecule has 8 heteroatoms. The van der Waals surface area contributed by atoms with E-state index in [4.69, 9.17) is 4.74 Å². The Morgan fingerprint density at radius 3 is 2.86 bits per heavy atom. The van der Waals surface area contributed by atoms with E-state index in [2.05, 4.69) is 26.1 Å². The van der Waals surface area contributed by atoms with Gasteiger partial charge in [0.25, 0.3) is 0 Å². The van der Waals surface area contributed by atoms with Crippen molar-refractivity contribution < 1.29 is 9.53 Å². The Labute approximate surface area is 139 Å². The molecule has 0 aliphatic carbocycles. The van der Waals surface area contributed by atoms with Crippen LogP contribution >= 0.6 is 39.0 Å². The molecule has 0 unspecified atom stereocenters. The zero-order valence-corrected chi connectivity index (χ0v) is 14.6. The molecule has 0 aliphatic rings. The van der Waals surface area contributed by atoms with Crippen LogP contribution in [0, 0.1) is 0 Å².